The Morgan fingerprint density at radius 3 is 2.82 bits per heavy atom. The van der Waals surface area contributed by atoms with Crippen LogP contribution < -0.4 is 10.1 Å². The molecule has 1 rings (SSSR count). The second-order valence-corrected chi connectivity index (χ2v) is 4.20. The first-order chi connectivity index (χ1) is 8.17. The Morgan fingerprint density at radius 2 is 2.18 bits per heavy atom. The molecular weight excluding hydrogens is 216 g/mol. The molecule has 96 valence electrons. The van der Waals surface area contributed by atoms with Gasteiger partial charge < -0.3 is 20.1 Å². The average molecular weight is 238 g/mol. The van der Waals surface area contributed by atoms with Crippen LogP contribution in [0.1, 0.15) is 12.0 Å². The van der Waals surface area contributed by atoms with Crippen LogP contribution >= 0.6 is 0 Å². The fourth-order valence-electron chi connectivity index (χ4n) is 1.74. The number of benzene rings is 1. The zero-order chi connectivity index (χ0) is 12.7. The molecule has 2 N–H and O–H groups in total. The van der Waals surface area contributed by atoms with Crippen molar-refractivity contribution in [1.29, 1.82) is 0 Å². The lowest BCUT2D eigenvalue weighted by atomic mass is 10.2. The third-order valence-corrected chi connectivity index (χ3v) is 2.66. The molecule has 1 aromatic rings. The number of nitrogens with one attached hydrogen (secondary N) is 1. The van der Waals surface area contributed by atoms with Crippen molar-refractivity contribution in [2.75, 3.05) is 34.3 Å². The molecule has 0 amide bonds. The number of nitrogens with zero attached hydrogens (tertiary/aromatic N) is 1. The van der Waals surface area contributed by atoms with Crippen molar-refractivity contribution in [3.63, 3.8) is 0 Å². The van der Waals surface area contributed by atoms with E-state index in [9.17, 15) is 5.11 Å². The molecule has 4 heteroatoms. The molecule has 0 bridgehead atoms. The summed E-state index contributed by atoms with van der Waals surface area (Å²) in [7, 11) is 5.62. The molecule has 0 aliphatic rings. The summed E-state index contributed by atoms with van der Waals surface area (Å²) in [6.45, 7) is 2.94. The van der Waals surface area contributed by atoms with Gasteiger partial charge in [-0.05, 0) is 51.3 Å². The largest absolute Gasteiger partial charge is 0.504 e. The van der Waals surface area contributed by atoms with Gasteiger partial charge in [-0.15, -0.1) is 0 Å². The highest BCUT2D eigenvalue weighted by molar-refractivity contribution is 5.41. The summed E-state index contributed by atoms with van der Waals surface area (Å²) >= 11 is 0. The first-order valence-electron chi connectivity index (χ1n) is 5.86. The molecule has 0 aliphatic carbocycles. The molecule has 0 aliphatic heterocycles. The maximum absolute atomic E-state index is 9.50. The molecule has 0 unspecified atom stereocenters. The van der Waals surface area contributed by atoms with Gasteiger partial charge in [0.05, 0.1) is 7.11 Å². The summed E-state index contributed by atoms with van der Waals surface area (Å²) in [5.74, 6) is 0.722. The minimum Gasteiger partial charge on any atom is -0.504 e. The van der Waals surface area contributed by atoms with E-state index in [0.29, 0.717) is 5.75 Å². The van der Waals surface area contributed by atoms with Crippen molar-refractivity contribution < 1.29 is 9.84 Å². The summed E-state index contributed by atoms with van der Waals surface area (Å²) in [6.07, 6.45) is 1.13. The minimum absolute atomic E-state index is 0.189. The van der Waals surface area contributed by atoms with Gasteiger partial charge in [-0.1, -0.05) is 6.07 Å². The molecule has 0 spiro atoms. The van der Waals surface area contributed by atoms with Crippen LogP contribution in [0.5, 0.6) is 11.5 Å². The van der Waals surface area contributed by atoms with Crippen molar-refractivity contribution in [2.24, 2.45) is 0 Å². The zero-order valence-electron chi connectivity index (χ0n) is 10.9. The van der Waals surface area contributed by atoms with Crippen LogP contribution in [0.4, 0.5) is 0 Å². The van der Waals surface area contributed by atoms with Crippen LogP contribution in [-0.2, 0) is 6.54 Å². The predicted molar refractivity (Wildman–Crippen MR) is 69.5 cm³/mol. The summed E-state index contributed by atoms with van der Waals surface area (Å²) in [5, 5.41) is 12.6. The monoisotopic (exact) mass is 238 g/mol. The molecule has 4 nitrogen and oxygen atoms in total. The molecule has 17 heavy (non-hydrogen) atoms. The Bertz CT molecular complexity index is 342. The second kappa shape index (κ2) is 7.14. The van der Waals surface area contributed by atoms with Crippen LogP contribution in [0.2, 0.25) is 0 Å². The number of phenolic OH excluding ortho intramolecular Hbond substituents is 1. The predicted octanol–water partition coefficient (Wildman–Crippen LogP) is 1.44. The lowest BCUT2D eigenvalue weighted by Gasteiger charge is -2.17. The third kappa shape index (κ3) is 4.63. The quantitative estimate of drug-likeness (QED) is 0.706. The number of hydrogen-bond acceptors (Lipinski definition) is 4. The van der Waals surface area contributed by atoms with Crippen molar-refractivity contribution in [3.8, 4) is 11.5 Å². The molecular formula is C13H22N2O2. The average Bonchev–Trinajstić information content (AvgIpc) is 2.32. The van der Waals surface area contributed by atoms with Gasteiger partial charge in [-0.3, -0.25) is 0 Å². The number of aromatic hydroxyl groups is 1. The van der Waals surface area contributed by atoms with E-state index >= 15 is 0 Å². The van der Waals surface area contributed by atoms with E-state index in [1.54, 1.807) is 13.2 Å². The fourth-order valence-corrected chi connectivity index (χ4v) is 1.74. The lowest BCUT2D eigenvalue weighted by molar-refractivity contribution is 0.319. The SMILES string of the molecule is CNCCCN(C)Cc1ccc(O)c(OC)c1. The summed E-state index contributed by atoms with van der Waals surface area (Å²) in [4.78, 5) is 2.25. The highest BCUT2D eigenvalue weighted by atomic mass is 16.5. The van der Waals surface area contributed by atoms with E-state index in [1.165, 1.54) is 0 Å². The van der Waals surface area contributed by atoms with Crippen molar-refractivity contribution in [3.05, 3.63) is 23.8 Å². The zero-order valence-corrected chi connectivity index (χ0v) is 10.9. The minimum atomic E-state index is 0.189. The third-order valence-electron chi connectivity index (χ3n) is 2.66. The van der Waals surface area contributed by atoms with Gasteiger partial charge >= 0.3 is 0 Å². The van der Waals surface area contributed by atoms with E-state index in [1.807, 2.05) is 19.2 Å². The van der Waals surface area contributed by atoms with Crippen molar-refractivity contribution in [1.82, 2.24) is 10.2 Å². The Kier molecular flexibility index (Phi) is 5.80. The first-order valence-corrected chi connectivity index (χ1v) is 5.86. The van der Waals surface area contributed by atoms with Gasteiger partial charge in [0.1, 0.15) is 0 Å². The molecule has 1 aromatic carbocycles. The lowest BCUT2D eigenvalue weighted by Crippen LogP contribution is -2.22. The summed E-state index contributed by atoms with van der Waals surface area (Å²) < 4.78 is 5.09. The summed E-state index contributed by atoms with van der Waals surface area (Å²) in [5.41, 5.74) is 1.15. The molecule has 0 aromatic heterocycles. The highest BCUT2D eigenvalue weighted by Gasteiger charge is 2.05. The van der Waals surface area contributed by atoms with E-state index in [4.69, 9.17) is 4.74 Å². The Morgan fingerprint density at radius 1 is 1.41 bits per heavy atom. The second-order valence-electron chi connectivity index (χ2n) is 4.20. The molecule has 0 heterocycles. The summed E-state index contributed by atoms with van der Waals surface area (Å²) in [6, 6.07) is 5.48. The normalized spacial score (nSPS) is 10.8. The molecule has 0 saturated heterocycles. The molecule has 0 atom stereocenters. The molecule has 0 radical (unpaired) electrons. The van der Waals surface area contributed by atoms with Gasteiger partial charge in [0, 0.05) is 6.54 Å². The van der Waals surface area contributed by atoms with Gasteiger partial charge in [0.25, 0.3) is 0 Å². The maximum atomic E-state index is 9.50. The van der Waals surface area contributed by atoms with Gasteiger partial charge in [-0.2, -0.15) is 0 Å². The number of hydrogen-bond donors (Lipinski definition) is 2. The topological polar surface area (TPSA) is 44.7 Å². The number of methoxy groups -OCH3 is 1. The Hall–Kier alpha value is -1.26. The van der Waals surface area contributed by atoms with E-state index in [0.717, 1.165) is 31.6 Å². The number of phenols is 1. The van der Waals surface area contributed by atoms with Crippen LogP contribution in [0.3, 0.4) is 0 Å². The highest BCUT2D eigenvalue weighted by Crippen LogP contribution is 2.26. The van der Waals surface area contributed by atoms with Crippen LogP contribution in [0.25, 0.3) is 0 Å². The van der Waals surface area contributed by atoms with Crippen molar-refractivity contribution in [2.45, 2.75) is 13.0 Å². The van der Waals surface area contributed by atoms with Gasteiger partial charge in [0.15, 0.2) is 11.5 Å². The maximum Gasteiger partial charge on any atom is 0.160 e. The van der Waals surface area contributed by atoms with E-state index < -0.39 is 0 Å². The first kappa shape index (κ1) is 13.8. The number of ether oxygens (including phenoxy) is 1. The smallest absolute Gasteiger partial charge is 0.160 e. The number of rotatable bonds is 7. The van der Waals surface area contributed by atoms with Crippen LogP contribution in [-0.4, -0.2) is 44.3 Å². The van der Waals surface area contributed by atoms with Gasteiger partial charge in [-0.25, -0.2) is 0 Å². The van der Waals surface area contributed by atoms with Crippen molar-refractivity contribution >= 4 is 0 Å². The molecule has 0 saturated carbocycles. The molecule has 0 fully saturated rings. The van der Waals surface area contributed by atoms with Crippen LogP contribution in [0.15, 0.2) is 18.2 Å². The standard InChI is InChI=1S/C13H22N2O2/c1-14-7-4-8-15(2)10-11-5-6-12(16)13(9-11)17-3/h5-6,9,14,16H,4,7-8,10H2,1-3H3. The Balaban J connectivity index is 2.50. The van der Waals surface area contributed by atoms with E-state index in [-0.39, 0.29) is 5.75 Å². The van der Waals surface area contributed by atoms with Gasteiger partial charge in [0.2, 0.25) is 0 Å². The fraction of sp³-hybridized carbons (Fsp3) is 0.538. The van der Waals surface area contributed by atoms with E-state index in [2.05, 4.69) is 17.3 Å². The van der Waals surface area contributed by atoms with Crippen LogP contribution in [0, 0.1) is 0 Å². The Labute approximate surface area is 103 Å².